The zero-order valence-electron chi connectivity index (χ0n) is 12.0. The maximum absolute atomic E-state index is 12.9. The van der Waals surface area contributed by atoms with E-state index < -0.39 is 6.04 Å². The Balaban J connectivity index is 1.89. The topological polar surface area (TPSA) is 63.9 Å². The van der Waals surface area contributed by atoms with E-state index in [2.05, 4.69) is 15.1 Å². The Labute approximate surface area is 132 Å². The van der Waals surface area contributed by atoms with Gasteiger partial charge >= 0.3 is 0 Å². The molecule has 0 saturated heterocycles. The average Bonchev–Trinajstić information content (AvgIpc) is 3.25. The molecule has 0 bridgehead atoms. The molecular weight excluding hydrogens is 298 g/mol. The fourth-order valence-electron chi connectivity index (χ4n) is 2.13. The van der Waals surface area contributed by atoms with E-state index in [4.69, 9.17) is 0 Å². The van der Waals surface area contributed by atoms with E-state index in [0.29, 0.717) is 6.54 Å². The molecule has 3 rings (SSSR count). The average molecular weight is 313 g/mol. The second-order valence-electron chi connectivity index (χ2n) is 4.82. The van der Waals surface area contributed by atoms with Crippen molar-refractivity contribution in [2.45, 2.75) is 19.5 Å². The van der Waals surface area contributed by atoms with E-state index in [0.717, 1.165) is 11.3 Å². The molecule has 7 heteroatoms. The minimum absolute atomic E-state index is 0.0512. The van der Waals surface area contributed by atoms with Gasteiger partial charge in [0.1, 0.15) is 18.7 Å². The molecule has 0 N–H and O–H groups in total. The number of thiophene rings is 1. The number of anilines is 1. The molecule has 112 valence electrons. The van der Waals surface area contributed by atoms with Gasteiger partial charge in [-0.1, -0.05) is 0 Å². The maximum atomic E-state index is 12.9. The minimum Gasteiger partial charge on any atom is -0.305 e. The lowest BCUT2D eigenvalue weighted by atomic mass is 10.2. The zero-order chi connectivity index (χ0) is 15.4. The SMILES string of the molecule is C[C@@H](C(=O)N(Cc1ccsc1)c1cccnc1)n1cncn1. The predicted octanol–water partition coefficient (Wildman–Crippen LogP) is 2.53. The highest BCUT2D eigenvalue weighted by Crippen LogP contribution is 2.21. The first-order chi connectivity index (χ1) is 10.8. The van der Waals surface area contributed by atoms with Gasteiger partial charge in [0.15, 0.2) is 0 Å². The van der Waals surface area contributed by atoms with Crippen LogP contribution in [0, 0.1) is 0 Å². The molecule has 3 heterocycles. The number of amides is 1. The number of rotatable bonds is 5. The number of carbonyl (C=O) groups is 1. The number of carbonyl (C=O) groups excluding carboxylic acids is 1. The predicted molar refractivity (Wildman–Crippen MR) is 84.5 cm³/mol. The van der Waals surface area contributed by atoms with E-state index in [1.807, 2.05) is 35.9 Å². The third kappa shape index (κ3) is 3.04. The van der Waals surface area contributed by atoms with Gasteiger partial charge < -0.3 is 4.90 Å². The van der Waals surface area contributed by atoms with Crippen molar-refractivity contribution in [1.29, 1.82) is 0 Å². The monoisotopic (exact) mass is 313 g/mol. The molecule has 0 spiro atoms. The van der Waals surface area contributed by atoms with E-state index in [-0.39, 0.29) is 5.91 Å². The lowest BCUT2D eigenvalue weighted by Crippen LogP contribution is -2.36. The van der Waals surface area contributed by atoms with Crippen molar-refractivity contribution in [1.82, 2.24) is 19.7 Å². The van der Waals surface area contributed by atoms with Crippen LogP contribution in [-0.2, 0) is 11.3 Å². The standard InChI is InChI=1S/C15H15N5OS/c1-12(20-11-17-10-18-20)15(21)19(8-13-4-6-22-9-13)14-3-2-5-16-7-14/h2-7,9-12H,8H2,1H3/t12-/m0/s1. The van der Waals surface area contributed by atoms with Crippen LogP contribution < -0.4 is 4.90 Å². The normalized spacial score (nSPS) is 12.0. The smallest absolute Gasteiger partial charge is 0.251 e. The van der Waals surface area contributed by atoms with Gasteiger partial charge in [-0.15, -0.1) is 0 Å². The first-order valence-corrected chi connectivity index (χ1v) is 7.76. The molecule has 0 aromatic carbocycles. The van der Waals surface area contributed by atoms with Crippen molar-refractivity contribution >= 4 is 22.9 Å². The first kappa shape index (κ1) is 14.4. The highest BCUT2D eigenvalue weighted by Gasteiger charge is 2.24. The van der Waals surface area contributed by atoms with Crippen LogP contribution in [-0.4, -0.2) is 25.7 Å². The summed E-state index contributed by atoms with van der Waals surface area (Å²) in [6, 6.07) is 5.29. The summed E-state index contributed by atoms with van der Waals surface area (Å²) >= 11 is 1.61. The van der Waals surface area contributed by atoms with Crippen LogP contribution in [0.4, 0.5) is 5.69 Å². The Morgan fingerprint density at radius 3 is 2.95 bits per heavy atom. The quantitative estimate of drug-likeness (QED) is 0.726. The highest BCUT2D eigenvalue weighted by molar-refractivity contribution is 7.07. The summed E-state index contributed by atoms with van der Waals surface area (Å²) in [5.41, 5.74) is 1.86. The van der Waals surface area contributed by atoms with Gasteiger partial charge in [0.05, 0.1) is 18.4 Å². The van der Waals surface area contributed by atoms with Gasteiger partial charge in [-0.3, -0.25) is 9.78 Å². The van der Waals surface area contributed by atoms with E-state index >= 15 is 0 Å². The number of pyridine rings is 1. The Hall–Kier alpha value is -2.54. The van der Waals surface area contributed by atoms with Crippen LogP contribution in [0.15, 0.2) is 54.0 Å². The van der Waals surface area contributed by atoms with Gasteiger partial charge in [-0.25, -0.2) is 9.67 Å². The third-order valence-corrected chi connectivity index (χ3v) is 4.07. The molecule has 0 aliphatic rings. The number of hydrogen-bond donors (Lipinski definition) is 0. The summed E-state index contributed by atoms with van der Waals surface area (Å²) in [6.45, 7) is 2.32. The molecule has 0 aliphatic heterocycles. The van der Waals surface area contributed by atoms with E-state index in [1.54, 1.807) is 39.6 Å². The van der Waals surface area contributed by atoms with Crippen molar-refractivity contribution < 1.29 is 4.79 Å². The van der Waals surface area contributed by atoms with Gasteiger partial charge in [0.2, 0.25) is 0 Å². The number of aromatic nitrogens is 4. The molecule has 3 aromatic rings. The molecule has 3 aromatic heterocycles. The van der Waals surface area contributed by atoms with Crippen molar-refractivity contribution in [2.24, 2.45) is 0 Å². The first-order valence-electron chi connectivity index (χ1n) is 6.82. The number of hydrogen-bond acceptors (Lipinski definition) is 5. The number of nitrogens with zero attached hydrogens (tertiary/aromatic N) is 5. The van der Waals surface area contributed by atoms with Crippen LogP contribution in [0.3, 0.4) is 0 Å². The molecule has 0 unspecified atom stereocenters. The van der Waals surface area contributed by atoms with Gasteiger partial charge in [-0.05, 0) is 41.4 Å². The Morgan fingerprint density at radius 2 is 2.32 bits per heavy atom. The second-order valence-corrected chi connectivity index (χ2v) is 5.60. The second kappa shape index (κ2) is 6.48. The summed E-state index contributed by atoms with van der Waals surface area (Å²) in [6.07, 6.45) is 6.36. The lowest BCUT2D eigenvalue weighted by Gasteiger charge is -2.25. The zero-order valence-corrected chi connectivity index (χ0v) is 12.8. The molecule has 0 saturated carbocycles. The van der Waals surface area contributed by atoms with Gasteiger partial charge in [-0.2, -0.15) is 16.4 Å². The summed E-state index contributed by atoms with van der Waals surface area (Å²) in [5.74, 6) is -0.0512. The molecule has 6 nitrogen and oxygen atoms in total. The van der Waals surface area contributed by atoms with Crippen LogP contribution in [0.5, 0.6) is 0 Å². The van der Waals surface area contributed by atoms with Crippen LogP contribution in [0.2, 0.25) is 0 Å². The van der Waals surface area contributed by atoms with Crippen molar-refractivity contribution in [3.8, 4) is 0 Å². The highest BCUT2D eigenvalue weighted by atomic mass is 32.1. The lowest BCUT2D eigenvalue weighted by molar-refractivity contribution is -0.121. The van der Waals surface area contributed by atoms with Gasteiger partial charge in [0, 0.05) is 6.20 Å². The van der Waals surface area contributed by atoms with Crippen LogP contribution in [0.25, 0.3) is 0 Å². The largest absolute Gasteiger partial charge is 0.305 e. The fourth-order valence-corrected chi connectivity index (χ4v) is 2.79. The van der Waals surface area contributed by atoms with Crippen LogP contribution >= 0.6 is 11.3 Å². The molecule has 1 amide bonds. The van der Waals surface area contributed by atoms with Gasteiger partial charge in [0.25, 0.3) is 5.91 Å². The van der Waals surface area contributed by atoms with Crippen molar-refractivity contribution in [2.75, 3.05) is 4.90 Å². The van der Waals surface area contributed by atoms with Crippen molar-refractivity contribution in [3.05, 3.63) is 59.6 Å². The molecule has 0 radical (unpaired) electrons. The fraction of sp³-hybridized carbons (Fsp3) is 0.200. The maximum Gasteiger partial charge on any atom is 0.251 e. The van der Waals surface area contributed by atoms with E-state index in [1.165, 1.54) is 6.33 Å². The summed E-state index contributed by atoms with van der Waals surface area (Å²) < 4.78 is 1.55. The Morgan fingerprint density at radius 1 is 1.41 bits per heavy atom. The summed E-state index contributed by atoms with van der Waals surface area (Å²) in [7, 11) is 0. The molecule has 22 heavy (non-hydrogen) atoms. The summed E-state index contributed by atoms with van der Waals surface area (Å²) in [4.78, 5) is 22.6. The summed E-state index contributed by atoms with van der Waals surface area (Å²) in [5, 5.41) is 8.10. The molecule has 0 fully saturated rings. The van der Waals surface area contributed by atoms with Crippen molar-refractivity contribution in [3.63, 3.8) is 0 Å². The molecule has 1 atom stereocenters. The Bertz CT molecular complexity index is 712. The molecule has 0 aliphatic carbocycles. The third-order valence-electron chi connectivity index (χ3n) is 3.34. The Kier molecular flexibility index (Phi) is 4.24. The minimum atomic E-state index is -0.429. The molecular formula is C15H15N5OS. The van der Waals surface area contributed by atoms with E-state index in [9.17, 15) is 4.79 Å². The van der Waals surface area contributed by atoms with Crippen LogP contribution in [0.1, 0.15) is 18.5 Å².